The minimum Gasteiger partial charge on any atom is -0.497 e. The number of amides is 1. The molecule has 1 aromatic heterocycles. The summed E-state index contributed by atoms with van der Waals surface area (Å²) in [7, 11) is 3.15. The van der Waals surface area contributed by atoms with E-state index in [1.807, 2.05) is 6.92 Å². The van der Waals surface area contributed by atoms with Crippen LogP contribution in [0.5, 0.6) is 11.5 Å². The van der Waals surface area contributed by atoms with Crippen molar-refractivity contribution in [1.82, 2.24) is 15.2 Å². The van der Waals surface area contributed by atoms with Gasteiger partial charge in [0.15, 0.2) is 0 Å². The second-order valence-corrected chi connectivity index (χ2v) is 5.56. The van der Waals surface area contributed by atoms with Crippen molar-refractivity contribution in [3.8, 4) is 11.5 Å². The molecule has 0 unspecified atom stereocenters. The van der Waals surface area contributed by atoms with Crippen LogP contribution in [-0.2, 0) is 4.79 Å². The van der Waals surface area contributed by atoms with E-state index in [9.17, 15) is 4.79 Å². The minimum absolute atomic E-state index is 0.313. The molecule has 0 bridgehead atoms. The highest BCUT2D eigenvalue weighted by Gasteiger charge is 2.06. The van der Waals surface area contributed by atoms with E-state index in [-0.39, 0.29) is 5.91 Å². The molecule has 0 aliphatic rings. The first kappa shape index (κ1) is 16.9. The van der Waals surface area contributed by atoms with E-state index in [2.05, 4.69) is 20.5 Å². The lowest BCUT2D eigenvalue weighted by molar-refractivity contribution is -0.111. The summed E-state index contributed by atoms with van der Waals surface area (Å²) in [4.78, 5) is 16.1. The Morgan fingerprint density at radius 2 is 2.22 bits per heavy atom. The number of hydrogen-bond donors (Lipinski definition) is 2. The third kappa shape index (κ3) is 4.75. The topological polar surface area (TPSA) is 89.1 Å². The van der Waals surface area contributed by atoms with Crippen LogP contribution in [0, 0.1) is 0 Å². The number of benzene rings is 1. The van der Waals surface area contributed by atoms with Crippen LogP contribution < -0.4 is 14.8 Å². The van der Waals surface area contributed by atoms with E-state index >= 15 is 0 Å². The van der Waals surface area contributed by atoms with Crippen molar-refractivity contribution in [2.75, 3.05) is 25.3 Å². The average Bonchev–Trinajstić information content (AvgIpc) is 3.00. The van der Waals surface area contributed by atoms with Crippen molar-refractivity contribution in [2.24, 2.45) is 0 Å². The molecule has 7 nitrogen and oxygen atoms in total. The Balaban J connectivity index is 2.05. The number of anilines is 1. The number of ether oxygens (including phenoxy) is 2. The van der Waals surface area contributed by atoms with Crippen molar-refractivity contribution in [2.45, 2.75) is 12.1 Å². The predicted octanol–water partition coefficient (Wildman–Crippen LogP) is 2.59. The van der Waals surface area contributed by atoms with Gasteiger partial charge in [-0.2, -0.15) is 4.98 Å². The Hall–Kier alpha value is -2.48. The molecule has 2 N–H and O–H groups in total. The summed E-state index contributed by atoms with van der Waals surface area (Å²) < 4.78 is 10.4. The van der Waals surface area contributed by atoms with Crippen LogP contribution in [-0.4, -0.2) is 41.1 Å². The fourth-order valence-corrected chi connectivity index (χ4v) is 2.31. The van der Waals surface area contributed by atoms with Gasteiger partial charge < -0.3 is 9.47 Å². The molecular formula is C15H18N4O3S. The molecule has 0 saturated carbocycles. The smallest absolute Gasteiger partial charge is 0.250 e. The molecule has 0 fully saturated rings. The third-order valence-electron chi connectivity index (χ3n) is 2.83. The molecule has 1 amide bonds. The number of aromatic nitrogens is 3. The lowest BCUT2D eigenvalue weighted by Crippen LogP contribution is -2.09. The summed E-state index contributed by atoms with van der Waals surface area (Å²) in [6.07, 6.45) is 3.04. The van der Waals surface area contributed by atoms with E-state index in [4.69, 9.17) is 9.47 Å². The van der Waals surface area contributed by atoms with Crippen molar-refractivity contribution in [3.05, 3.63) is 29.8 Å². The maximum atomic E-state index is 11.9. The van der Waals surface area contributed by atoms with E-state index in [0.717, 1.165) is 11.3 Å². The van der Waals surface area contributed by atoms with Gasteiger partial charge in [-0.25, -0.2) is 5.10 Å². The summed E-state index contributed by atoms with van der Waals surface area (Å²) in [6, 6.07) is 5.35. The van der Waals surface area contributed by atoms with Crippen LogP contribution in [0.1, 0.15) is 12.5 Å². The molecule has 1 aromatic carbocycles. The van der Waals surface area contributed by atoms with Gasteiger partial charge in [0.25, 0.3) is 5.91 Å². The third-order valence-corrected chi connectivity index (χ3v) is 3.56. The molecule has 8 heteroatoms. The van der Waals surface area contributed by atoms with Gasteiger partial charge in [-0.3, -0.25) is 10.1 Å². The van der Waals surface area contributed by atoms with Crippen LogP contribution in [0.15, 0.2) is 29.4 Å². The predicted molar refractivity (Wildman–Crippen MR) is 90.0 cm³/mol. The summed E-state index contributed by atoms with van der Waals surface area (Å²) in [6.45, 7) is 2.00. The summed E-state index contributed by atoms with van der Waals surface area (Å²) in [5.74, 6) is 2.19. The molecule has 0 aliphatic carbocycles. The van der Waals surface area contributed by atoms with E-state index < -0.39 is 0 Å². The first-order valence-electron chi connectivity index (χ1n) is 6.92. The fraction of sp³-hybridized carbons (Fsp3) is 0.267. The highest BCUT2D eigenvalue weighted by atomic mass is 32.2. The zero-order chi connectivity index (χ0) is 16.7. The average molecular weight is 334 g/mol. The van der Waals surface area contributed by atoms with Gasteiger partial charge >= 0.3 is 0 Å². The van der Waals surface area contributed by atoms with Gasteiger partial charge in [0.05, 0.1) is 14.2 Å². The number of carbonyl (C=O) groups is 1. The number of hydrogen-bond acceptors (Lipinski definition) is 6. The molecule has 0 atom stereocenters. The van der Waals surface area contributed by atoms with Crippen LogP contribution >= 0.6 is 11.8 Å². The number of nitrogens with zero attached hydrogens (tertiary/aromatic N) is 2. The van der Waals surface area contributed by atoms with E-state index in [1.165, 1.54) is 17.8 Å². The molecule has 0 radical (unpaired) electrons. The Labute approximate surface area is 138 Å². The Morgan fingerprint density at radius 1 is 1.39 bits per heavy atom. The molecule has 2 rings (SSSR count). The van der Waals surface area contributed by atoms with Gasteiger partial charge in [-0.1, -0.05) is 18.7 Å². The number of carbonyl (C=O) groups excluding carboxylic acids is 1. The number of H-pyrrole nitrogens is 1. The van der Waals surface area contributed by atoms with Gasteiger partial charge in [0.1, 0.15) is 11.5 Å². The highest BCUT2D eigenvalue weighted by molar-refractivity contribution is 7.99. The van der Waals surface area contributed by atoms with Crippen LogP contribution in [0.4, 0.5) is 5.95 Å². The fourth-order valence-electron chi connectivity index (χ4n) is 1.79. The number of aromatic amines is 1. The van der Waals surface area contributed by atoms with E-state index in [0.29, 0.717) is 22.6 Å². The standard InChI is InChI=1S/C15H18N4O3S/c1-4-23-15-17-14(18-19-15)16-13(20)8-5-10-9-11(21-2)6-7-12(10)22-3/h5-9H,4H2,1-3H3,(H2,16,17,18,19,20)/b8-5+. The van der Waals surface area contributed by atoms with Gasteiger partial charge in [-0.05, 0) is 30.0 Å². The summed E-state index contributed by atoms with van der Waals surface area (Å²) in [5, 5.41) is 9.86. The largest absolute Gasteiger partial charge is 0.497 e. The first-order chi connectivity index (χ1) is 11.2. The monoisotopic (exact) mass is 334 g/mol. The number of methoxy groups -OCH3 is 2. The lowest BCUT2D eigenvalue weighted by atomic mass is 10.1. The van der Waals surface area contributed by atoms with Crippen LogP contribution in [0.2, 0.25) is 0 Å². The highest BCUT2D eigenvalue weighted by Crippen LogP contribution is 2.25. The molecule has 0 saturated heterocycles. The van der Waals surface area contributed by atoms with Crippen molar-refractivity contribution >= 4 is 29.7 Å². The number of rotatable bonds is 7. The maximum Gasteiger partial charge on any atom is 0.250 e. The second kappa shape index (κ2) is 8.23. The summed E-state index contributed by atoms with van der Waals surface area (Å²) >= 11 is 1.49. The van der Waals surface area contributed by atoms with E-state index in [1.54, 1.807) is 38.5 Å². The molecular weight excluding hydrogens is 316 g/mol. The van der Waals surface area contributed by atoms with Crippen molar-refractivity contribution in [1.29, 1.82) is 0 Å². The normalized spacial score (nSPS) is 10.7. The number of nitrogens with one attached hydrogen (secondary N) is 2. The lowest BCUT2D eigenvalue weighted by Gasteiger charge is -2.07. The summed E-state index contributed by atoms with van der Waals surface area (Å²) in [5.41, 5.74) is 0.738. The Morgan fingerprint density at radius 3 is 2.91 bits per heavy atom. The zero-order valence-corrected chi connectivity index (χ0v) is 13.9. The Kier molecular flexibility index (Phi) is 6.04. The minimum atomic E-state index is -0.320. The maximum absolute atomic E-state index is 11.9. The van der Waals surface area contributed by atoms with Crippen molar-refractivity contribution < 1.29 is 14.3 Å². The van der Waals surface area contributed by atoms with Gasteiger partial charge in [0.2, 0.25) is 11.1 Å². The van der Waals surface area contributed by atoms with Gasteiger partial charge in [-0.15, -0.1) is 5.10 Å². The van der Waals surface area contributed by atoms with Crippen LogP contribution in [0.25, 0.3) is 6.08 Å². The number of thioether (sulfide) groups is 1. The van der Waals surface area contributed by atoms with Crippen molar-refractivity contribution in [3.63, 3.8) is 0 Å². The SMILES string of the molecule is CCSc1n[nH]c(NC(=O)/C=C/c2cc(OC)ccc2OC)n1. The molecule has 0 spiro atoms. The first-order valence-corrected chi connectivity index (χ1v) is 7.91. The second-order valence-electron chi connectivity index (χ2n) is 4.33. The Bertz CT molecular complexity index is 700. The zero-order valence-electron chi connectivity index (χ0n) is 13.1. The quantitative estimate of drug-likeness (QED) is 0.597. The van der Waals surface area contributed by atoms with Gasteiger partial charge in [0, 0.05) is 11.6 Å². The molecule has 23 heavy (non-hydrogen) atoms. The molecule has 2 aromatic rings. The molecule has 1 heterocycles. The molecule has 0 aliphatic heterocycles. The molecule has 122 valence electrons. The van der Waals surface area contributed by atoms with Crippen LogP contribution in [0.3, 0.4) is 0 Å².